The van der Waals surface area contributed by atoms with Gasteiger partial charge in [-0.3, -0.25) is 9.69 Å². The summed E-state index contributed by atoms with van der Waals surface area (Å²) in [5, 5.41) is 1.93. The lowest BCUT2D eigenvalue weighted by Gasteiger charge is -2.33. The smallest absolute Gasteiger partial charge is 0.241 e. The molecule has 204 valence electrons. The van der Waals surface area contributed by atoms with Crippen LogP contribution in [-0.4, -0.2) is 32.2 Å². The molecular weight excluding hydrogens is 537 g/mol. The van der Waals surface area contributed by atoms with Gasteiger partial charge in [-0.1, -0.05) is 62.0 Å². The normalized spacial score (nSPS) is 14.5. The fraction of sp³-hybridized carbons (Fsp3) is 0.312. The minimum absolute atomic E-state index is 0.0103. The van der Waals surface area contributed by atoms with Gasteiger partial charge in [0.2, 0.25) is 5.91 Å². The van der Waals surface area contributed by atoms with E-state index in [1.54, 1.807) is 22.6 Å². The lowest BCUT2D eigenvalue weighted by atomic mass is 9.88. The Morgan fingerprint density at radius 2 is 1.70 bits per heavy atom. The summed E-state index contributed by atoms with van der Waals surface area (Å²) in [6.07, 6.45) is 3.34. The van der Waals surface area contributed by atoms with Crippen LogP contribution in [0.15, 0.2) is 72.0 Å². The molecule has 40 heavy (non-hydrogen) atoms. The molecule has 0 saturated heterocycles. The van der Waals surface area contributed by atoms with Crippen LogP contribution in [0, 0.1) is 5.92 Å². The molecule has 0 radical (unpaired) electrons. The fourth-order valence-corrected chi connectivity index (χ4v) is 7.40. The Bertz CT molecular complexity index is 1640. The van der Waals surface area contributed by atoms with Crippen LogP contribution >= 0.6 is 23.1 Å². The number of hydrogen-bond acceptors (Lipinski definition) is 7. The summed E-state index contributed by atoms with van der Waals surface area (Å²) in [5.41, 5.74) is 5.99. The predicted molar refractivity (Wildman–Crippen MR) is 165 cm³/mol. The molecule has 1 aliphatic heterocycles. The van der Waals surface area contributed by atoms with E-state index in [1.807, 2.05) is 60.7 Å². The maximum Gasteiger partial charge on any atom is 0.241 e. The van der Waals surface area contributed by atoms with E-state index in [4.69, 9.17) is 14.7 Å². The van der Waals surface area contributed by atoms with E-state index in [-0.39, 0.29) is 17.3 Å². The highest BCUT2D eigenvalue weighted by Crippen LogP contribution is 2.43. The third-order valence-corrected chi connectivity index (χ3v) is 9.28. The fourth-order valence-electron chi connectivity index (χ4n) is 5.30. The number of aromatic nitrogens is 3. The zero-order valence-electron chi connectivity index (χ0n) is 23.2. The first-order chi connectivity index (χ1) is 19.3. The molecule has 1 aliphatic rings. The number of hydrogen-bond donors (Lipinski definition) is 0. The number of benzene rings is 2. The first-order valence-electron chi connectivity index (χ1n) is 13.6. The molecule has 3 aromatic heterocycles. The molecule has 6 rings (SSSR count). The van der Waals surface area contributed by atoms with Crippen molar-refractivity contribution < 1.29 is 9.53 Å². The van der Waals surface area contributed by atoms with Gasteiger partial charge in [0, 0.05) is 34.4 Å². The molecule has 1 amide bonds. The number of nitrogens with zero attached hydrogens (tertiary/aromatic N) is 4. The average Bonchev–Trinajstić information content (AvgIpc) is 3.31. The number of carbonyl (C=O) groups excluding carboxylic acids is 1. The summed E-state index contributed by atoms with van der Waals surface area (Å²) in [4.78, 5) is 31.0. The van der Waals surface area contributed by atoms with Gasteiger partial charge in [0.25, 0.3) is 0 Å². The van der Waals surface area contributed by atoms with Gasteiger partial charge in [0.05, 0.1) is 28.2 Å². The van der Waals surface area contributed by atoms with E-state index in [0.717, 1.165) is 55.4 Å². The van der Waals surface area contributed by atoms with Gasteiger partial charge < -0.3 is 4.74 Å². The summed E-state index contributed by atoms with van der Waals surface area (Å²) in [5.74, 6) is 0.728. The van der Waals surface area contributed by atoms with Crippen molar-refractivity contribution >= 4 is 60.8 Å². The van der Waals surface area contributed by atoms with E-state index in [0.29, 0.717) is 12.5 Å². The van der Waals surface area contributed by atoms with Crippen LogP contribution in [0.25, 0.3) is 20.4 Å². The van der Waals surface area contributed by atoms with Gasteiger partial charge in [-0.25, -0.2) is 15.0 Å². The standard InChI is InChI=1S/C32H32N4O2S2/c1-20(2)15-25-24-17-38-32(3,4)16-23(24)27-28-29(40-30(27)35-25)31(34-19-33-28)39-18-26(37)36(21-11-7-5-8-12-21)22-13-9-6-10-14-22/h5-14,19-20H,15-18H2,1-4H3. The third-order valence-electron chi connectivity index (χ3n) is 7.09. The number of thiophene rings is 1. The summed E-state index contributed by atoms with van der Waals surface area (Å²) in [6.45, 7) is 9.31. The average molecular weight is 569 g/mol. The van der Waals surface area contributed by atoms with Crippen molar-refractivity contribution in [3.63, 3.8) is 0 Å². The van der Waals surface area contributed by atoms with Gasteiger partial charge in [-0.2, -0.15) is 0 Å². The summed E-state index contributed by atoms with van der Waals surface area (Å²) in [6, 6.07) is 19.5. The number of ether oxygens (including phenoxy) is 1. The topological polar surface area (TPSA) is 68.2 Å². The Morgan fingerprint density at radius 3 is 2.35 bits per heavy atom. The minimum Gasteiger partial charge on any atom is -0.370 e. The van der Waals surface area contributed by atoms with Crippen LogP contribution in [-0.2, 0) is 29.0 Å². The molecule has 4 heterocycles. The van der Waals surface area contributed by atoms with Gasteiger partial charge in [-0.05, 0) is 56.0 Å². The number of thioether (sulfide) groups is 1. The first kappa shape index (κ1) is 26.9. The Labute approximate surface area is 242 Å². The molecule has 2 aromatic carbocycles. The second-order valence-corrected chi connectivity index (χ2v) is 13.1. The Hall–Kier alpha value is -3.33. The van der Waals surface area contributed by atoms with E-state index in [1.165, 1.54) is 22.9 Å². The molecule has 0 atom stereocenters. The quantitative estimate of drug-likeness (QED) is 0.148. The van der Waals surface area contributed by atoms with Gasteiger partial charge in [0.1, 0.15) is 16.2 Å². The van der Waals surface area contributed by atoms with Crippen molar-refractivity contribution in [1.82, 2.24) is 15.0 Å². The summed E-state index contributed by atoms with van der Waals surface area (Å²) < 4.78 is 7.21. The second-order valence-electron chi connectivity index (χ2n) is 11.2. The molecule has 0 fully saturated rings. The first-order valence-corrected chi connectivity index (χ1v) is 15.4. The lowest BCUT2D eigenvalue weighted by Crippen LogP contribution is -2.33. The van der Waals surface area contributed by atoms with Crippen molar-refractivity contribution in [2.75, 3.05) is 10.7 Å². The van der Waals surface area contributed by atoms with Gasteiger partial charge >= 0.3 is 0 Å². The number of carbonyl (C=O) groups is 1. The predicted octanol–water partition coefficient (Wildman–Crippen LogP) is 7.75. The molecular formula is C32H32N4O2S2. The number of pyridine rings is 1. The molecule has 6 nitrogen and oxygen atoms in total. The van der Waals surface area contributed by atoms with Crippen LogP contribution in [0.1, 0.15) is 44.5 Å². The van der Waals surface area contributed by atoms with E-state index < -0.39 is 0 Å². The van der Waals surface area contributed by atoms with Gasteiger partial charge in [0.15, 0.2) is 0 Å². The lowest BCUT2D eigenvalue weighted by molar-refractivity contribution is -0.115. The van der Waals surface area contributed by atoms with E-state index in [2.05, 4.69) is 32.7 Å². The minimum atomic E-state index is -0.250. The molecule has 0 spiro atoms. The number of anilines is 2. The highest BCUT2D eigenvalue weighted by molar-refractivity contribution is 8.00. The molecule has 8 heteroatoms. The van der Waals surface area contributed by atoms with Crippen LogP contribution in [0.3, 0.4) is 0 Å². The van der Waals surface area contributed by atoms with Crippen LogP contribution in [0.2, 0.25) is 0 Å². The van der Waals surface area contributed by atoms with Crippen LogP contribution in [0.5, 0.6) is 0 Å². The Kier molecular flexibility index (Phi) is 7.33. The molecule has 0 N–H and O–H groups in total. The molecule has 5 aromatic rings. The molecule has 0 saturated carbocycles. The monoisotopic (exact) mass is 568 g/mol. The van der Waals surface area contributed by atoms with Crippen molar-refractivity contribution in [1.29, 1.82) is 0 Å². The van der Waals surface area contributed by atoms with Crippen molar-refractivity contribution in [2.45, 2.75) is 57.8 Å². The Balaban J connectivity index is 1.38. The third kappa shape index (κ3) is 5.23. The number of amides is 1. The summed E-state index contributed by atoms with van der Waals surface area (Å²) >= 11 is 3.09. The van der Waals surface area contributed by atoms with Crippen molar-refractivity contribution in [3.05, 3.63) is 83.8 Å². The Morgan fingerprint density at radius 1 is 1.02 bits per heavy atom. The second kappa shape index (κ2) is 10.9. The molecule has 0 bridgehead atoms. The van der Waals surface area contributed by atoms with Crippen LogP contribution < -0.4 is 4.90 Å². The van der Waals surface area contributed by atoms with Crippen molar-refractivity contribution in [3.8, 4) is 0 Å². The maximum absolute atomic E-state index is 13.7. The SMILES string of the molecule is CC(C)Cc1nc2sc3c(SCC(=O)N(c4ccccc4)c4ccccc4)ncnc3c2c2c1COC(C)(C)C2. The zero-order chi connectivity index (χ0) is 27.9. The highest BCUT2D eigenvalue weighted by Gasteiger charge is 2.32. The number of rotatable bonds is 7. The summed E-state index contributed by atoms with van der Waals surface area (Å²) in [7, 11) is 0. The molecule has 0 unspecified atom stereocenters. The molecule has 0 aliphatic carbocycles. The van der Waals surface area contributed by atoms with E-state index >= 15 is 0 Å². The number of para-hydroxylation sites is 2. The van der Waals surface area contributed by atoms with Crippen LogP contribution in [0.4, 0.5) is 11.4 Å². The highest BCUT2D eigenvalue weighted by atomic mass is 32.2. The zero-order valence-corrected chi connectivity index (χ0v) is 24.8. The van der Waals surface area contributed by atoms with Crippen molar-refractivity contribution in [2.24, 2.45) is 5.92 Å². The van der Waals surface area contributed by atoms with Gasteiger partial charge in [-0.15, -0.1) is 11.3 Å². The maximum atomic E-state index is 13.7. The number of fused-ring (bicyclic) bond motifs is 5. The van der Waals surface area contributed by atoms with E-state index in [9.17, 15) is 4.79 Å². The largest absolute Gasteiger partial charge is 0.370 e.